The summed E-state index contributed by atoms with van der Waals surface area (Å²) in [5.74, 6) is -0.918. The van der Waals surface area contributed by atoms with Gasteiger partial charge in [0.25, 0.3) is 0 Å². The van der Waals surface area contributed by atoms with Crippen LogP contribution < -0.4 is 10.2 Å². The Balaban J connectivity index is 2.01. The molecule has 0 aliphatic carbocycles. The smallest absolute Gasteiger partial charge is 0.230 e. The Labute approximate surface area is 132 Å². The molecule has 1 heterocycles. The number of sulfonamides is 1. The van der Waals surface area contributed by atoms with Crippen LogP contribution in [0, 0.1) is 5.92 Å². The Hall–Kier alpha value is -1.44. The van der Waals surface area contributed by atoms with E-state index in [-0.39, 0.29) is 11.7 Å². The lowest BCUT2D eigenvalue weighted by Crippen LogP contribution is -2.48. The molecule has 1 amide bonds. The molecule has 0 spiro atoms. The minimum absolute atomic E-state index is 0.150. The lowest BCUT2D eigenvalue weighted by molar-refractivity contribution is -0.121. The van der Waals surface area contributed by atoms with E-state index in [1.807, 2.05) is 30.3 Å². The number of piperazine rings is 1. The van der Waals surface area contributed by atoms with Gasteiger partial charge in [-0.15, -0.1) is 0 Å². The number of para-hydroxylation sites is 1. The van der Waals surface area contributed by atoms with Crippen molar-refractivity contribution in [3.05, 3.63) is 30.3 Å². The van der Waals surface area contributed by atoms with Crippen LogP contribution in [-0.2, 0) is 14.8 Å². The van der Waals surface area contributed by atoms with Gasteiger partial charge < -0.3 is 10.2 Å². The normalized spacial score (nSPS) is 17.9. The molecule has 122 valence electrons. The van der Waals surface area contributed by atoms with Gasteiger partial charge in [-0.05, 0) is 12.1 Å². The van der Waals surface area contributed by atoms with E-state index in [2.05, 4.69) is 5.32 Å². The molecular weight excluding hydrogens is 302 g/mol. The summed E-state index contributed by atoms with van der Waals surface area (Å²) in [7, 11) is -1.73. The predicted molar refractivity (Wildman–Crippen MR) is 87.2 cm³/mol. The number of amides is 1. The minimum atomic E-state index is -3.40. The topological polar surface area (TPSA) is 69.7 Å². The van der Waals surface area contributed by atoms with Gasteiger partial charge >= 0.3 is 0 Å². The van der Waals surface area contributed by atoms with Crippen molar-refractivity contribution in [2.24, 2.45) is 5.92 Å². The fraction of sp³-hybridized carbons (Fsp3) is 0.533. The van der Waals surface area contributed by atoms with Crippen LogP contribution in [0.15, 0.2) is 30.3 Å². The summed E-state index contributed by atoms with van der Waals surface area (Å²) in [5, 5.41) is 3.12. The van der Waals surface area contributed by atoms with Crippen LogP contribution in [0.2, 0.25) is 0 Å². The van der Waals surface area contributed by atoms with Crippen molar-refractivity contribution in [3.8, 4) is 0 Å². The van der Waals surface area contributed by atoms with Crippen molar-refractivity contribution < 1.29 is 13.2 Å². The van der Waals surface area contributed by atoms with E-state index in [1.165, 1.54) is 9.21 Å². The van der Waals surface area contributed by atoms with Gasteiger partial charge in [-0.1, -0.05) is 25.1 Å². The molecule has 1 atom stereocenters. The van der Waals surface area contributed by atoms with Gasteiger partial charge in [0.1, 0.15) is 0 Å². The van der Waals surface area contributed by atoms with Crippen molar-refractivity contribution in [1.82, 2.24) is 9.62 Å². The third kappa shape index (κ3) is 4.06. The van der Waals surface area contributed by atoms with Crippen LogP contribution in [0.4, 0.5) is 5.69 Å². The first-order valence-electron chi connectivity index (χ1n) is 7.43. The van der Waals surface area contributed by atoms with Gasteiger partial charge in [-0.3, -0.25) is 4.79 Å². The number of hydrogen-bond acceptors (Lipinski definition) is 4. The highest BCUT2D eigenvalue weighted by molar-refractivity contribution is 7.89. The molecule has 1 N–H and O–H groups in total. The van der Waals surface area contributed by atoms with E-state index in [4.69, 9.17) is 0 Å². The summed E-state index contributed by atoms with van der Waals surface area (Å²) in [6, 6.07) is 9.23. The van der Waals surface area contributed by atoms with Gasteiger partial charge in [0.05, 0.1) is 11.7 Å². The molecule has 1 unspecified atom stereocenters. The van der Waals surface area contributed by atoms with Crippen LogP contribution >= 0.6 is 0 Å². The molecule has 1 aliphatic rings. The van der Waals surface area contributed by atoms with Crippen LogP contribution in [0.3, 0.4) is 0 Å². The van der Waals surface area contributed by atoms with E-state index >= 15 is 0 Å². The molecule has 2 rings (SSSR count). The number of hydrogen-bond donors (Lipinski definition) is 1. The van der Waals surface area contributed by atoms with E-state index in [0.29, 0.717) is 26.2 Å². The van der Waals surface area contributed by atoms with Gasteiger partial charge in [-0.25, -0.2) is 8.42 Å². The average Bonchev–Trinajstić information content (AvgIpc) is 2.54. The maximum atomic E-state index is 12.4. The standard InChI is InChI=1S/C15H23N3O3S/c1-13(12-22(20,21)18-10-8-16-9-11-18)15(19)17(2)14-6-4-3-5-7-14/h3-7,13,16H,8-12H2,1-2H3. The Morgan fingerprint density at radius 2 is 1.86 bits per heavy atom. The highest BCUT2D eigenvalue weighted by atomic mass is 32.2. The lowest BCUT2D eigenvalue weighted by Gasteiger charge is -2.28. The Morgan fingerprint density at radius 3 is 2.45 bits per heavy atom. The Kier molecular flexibility index (Phi) is 5.55. The van der Waals surface area contributed by atoms with Crippen LogP contribution in [0.1, 0.15) is 6.92 Å². The number of carbonyl (C=O) groups is 1. The predicted octanol–water partition coefficient (Wildman–Crippen LogP) is 0.521. The molecular formula is C15H23N3O3S. The number of rotatable bonds is 5. The summed E-state index contributed by atoms with van der Waals surface area (Å²) in [5.41, 5.74) is 0.763. The van der Waals surface area contributed by atoms with Crippen molar-refractivity contribution in [1.29, 1.82) is 0 Å². The number of carbonyl (C=O) groups excluding carboxylic acids is 1. The molecule has 1 saturated heterocycles. The van der Waals surface area contributed by atoms with Crippen molar-refractivity contribution in [3.63, 3.8) is 0 Å². The third-order valence-electron chi connectivity index (χ3n) is 3.83. The molecule has 1 aromatic carbocycles. The van der Waals surface area contributed by atoms with E-state index in [9.17, 15) is 13.2 Å². The van der Waals surface area contributed by atoms with E-state index < -0.39 is 15.9 Å². The molecule has 0 aromatic heterocycles. The summed E-state index contributed by atoms with van der Waals surface area (Å²) < 4.78 is 26.2. The van der Waals surface area contributed by atoms with Gasteiger partial charge in [0.15, 0.2) is 0 Å². The fourth-order valence-corrected chi connectivity index (χ4v) is 4.25. The second kappa shape index (κ2) is 7.21. The summed E-state index contributed by atoms with van der Waals surface area (Å²) in [6.07, 6.45) is 0. The van der Waals surface area contributed by atoms with Gasteiger partial charge in [0, 0.05) is 38.9 Å². The number of benzene rings is 1. The highest BCUT2D eigenvalue weighted by Gasteiger charge is 2.29. The average molecular weight is 325 g/mol. The molecule has 6 nitrogen and oxygen atoms in total. The van der Waals surface area contributed by atoms with Crippen molar-refractivity contribution >= 4 is 21.6 Å². The zero-order valence-corrected chi connectivity index (χ0v) is 13.8. The molecule has 0 saturated carbocycles. The first kappa shape index (κ1) is 16.9. The third-order valence-corrected chi connectivity index (χ3v) is 5.90. The molecule has 1 fully saturated rings. The monoisotopic (exact) mass is 325 g/mol. The van der Waals surface area contributed by atoms with Crippen molar-refractivity contribution in [2.75, 3.05) is 43.9 Å². The molecule has 7 heteroatoms. The van der Waals surface area contributed by atoms with Crippen LogP contribution in [0.25, 0.3) is 0 Å². The Morgan fingerprint density at radius 1 is 1.27 bits per heavy atom. The lowest BCUT2D eigenvalue weighted by atomic mass is 10.2. The summed E-state index contributed by atoms with van der Waals surface area (Å²) in [6.45, 7) is 3.92. The fourth-order valence-electron chi connectivity index (χ4n) is 2.52. The van der Waals surface area contributed by atoms with Crippen molar-refractivity contribution in [2.45, 2.75) is 6.92 Å². The largest absolute Gasteiger partial charge is 0.315 e. The number of anilines is 1. The minimum Gasteiger partial charge on any atom is -0.315 e. The molecule has 1 aromatic rings. The number of nitrogens with zero attached hydrogens (tertiary/aromatic N) is 2. The molecule has 0 bridgehead atoms. The molecule has 22 heavy (non-hydrogen) atoms. The SMILES string of the molecule is CC(CS(=O)(=O)N1CCNCC1)C(=O)N(C)c1ccccc1. The zero-order chi connectivity index (χ0) is 16.2. The maximum Gasteiger partial charge on any atom is 0.230 e. The first-order valence-corrected chi connectivity index (χ1v) is 9.04. The second-order valence-electron chi connectivity index (χ2n) is 5.56. The van der Waals surface area contributed by atoms with Gasteiger partial charge in [0.2, 0.25) is 15.9 Å². The number of nitrogens with one attached hydrogen (secondary N) is 1. The second-order valence-corrected chi connectivity index (χ2v) is 7.58. The first-order chi connectivity index (χ1) is 10.4. The maximum absolute atomic E-state index is 12.4. The Bertz CT molecular complexity index is 598. The van der Waals surface area contributed by atoms with E-state index in [0.717, 1.165) is 5.69 Å². The van der Waals surface area contributed by atoms with Crippen LogP contribution in [-0.4, -0.2) is 57.6 Å². The molecule has 1 aliphatic heterocycles. The summed E-state index contributed by atoms with van der Waals surface area (Å²) in [4.78, 5) is 13.9. The van der Waals surface area contributed by atoms with Crippen LogP contribution in [0.5, 0.6) is 0 Å². The quantitative estimate of drug-likeness (QED) is 0.857. The zero-order valence-electron chi connectivity index (χ0n) is 13.0. The van der Waals surface area contributed by atoms with E-state index in [1.54, 1.807) is 14.0 Å². The molecule has 0 radical (unpaired) electrons. The highest BCUT2D eigenvalue weighted by Crippen LogP contribution is 2.16. The summed E-state index contributed by atoms with van der Waals surface area (Å²) >= 11 is 0. The van der Waals surface area contributed by atoms with Gasteiger partial charge in [-0.2, -0.15) is 4.31 Å².